The first-order chi connectivity index (χ1) is 17.3. The number of hydrogen-bond donors (Lipinski definition) is 0. The molecular formula is C32H35BN4. The lowest BCUT2D eigenvalue weighted by molar-refractivity contribution is 0.538. The Labute approximate surface area is 219 Å². The molecule has 186 valence electrons. The quantitative estimate of drug-likeness (QED) is 0.272. The highest BCUT2D eigenvalue weighted by Gasteiger charge is 2.44. The Balaban J connectivity index is 1.77. The van der Waals surface area contributed by atoms with Crippen molar-refractivity contribution in [3.05, 3.63) is 64.2 Å². The third-order valence-electron chi connectivity index (χ3n) is 8.48. The van der Waals surface area contributed by atoms with Crippen LogP contribution in [0.15, 0.2) is 30.3 Å². The van der Waals surface area contributed by atoms with E-state index in [0.29, 0.717) is 0 Å². The van der Waals surface area contributed by atoms with Crippen molar-refractivity contribution >= 4 is 45.2 Å². The predicted molar refractivity (Wildman–Crippen MR) is 157 cm³/mol. The van der Waals surface area contributed by atoms with Crippen LogP contribution in [0.3, 0.4) is 0 Å². The molecule has 0 N–H and O–H groups in total. The van der Waals surface area contributed by atoms with Crippen LogP contribution in [0.5, 0.6) is 0 Å². The lowest BCUT2D eigenvalue weighted by Crippen LogP contribution is -2.61. The van der Waals surface area contributed by atoms with Crippen molar-refractivity contribution in [2.75, 3.05) is 0 Å². The molecule has 0 saturated heterocycles. The van der Waals surface area contributed by atoms with Crippen LogP contribution in [0.25, 0.3) is 33.4 Å². The molecule has 0 unspecified atom stereocenters. The summed E-state index contributed by atoms with van der Waals surface area (Å²) in [7, 11) is 0. The lowest BCUT2D eigenvalue weighted by atomic mass is 9.33. The number of aryl methyl sites for hydroxylation is 4. The molecule has 0 bridgehead atoms. The lowest BCUT2D eigenvalue weighted by Gasteiger charge is -2.36. The highest BCUT2D eigenvalue weighted by atomic mass is 15.1. The first-order valence-corrected chi connectivity index (χ1v) is 13.5. The van der Waals surface area contributed by atoms with Crippen molar-refractivity contribution in [2.24, 2.45) is 0 Å². The Morgan fingerprint density at radius 3 is 1.38 bits per heavy atom. The summed E-state index contributed by atoms with van der Waals surface area (Å²) < 4.78 is 4.97. The third kappa shape index (κ3) is 2.70. The molecule has 0 spiro atoms. The Kier molecular flexibility index (Phi) is 4.16. The zero-order valence-electron chi connectivity index (χ0n) is 23.8. The van der Waals surface area contributed by atoms with Crippen LogP contribution in [0.2, 0.25) is 0 Å². The van der Waals surface area contributed by atoms with E-state index >= 15 is 0 Å². The first-order valence-electron chi connectivity index (χ1n) is 13.5. The molecule has 4 nitrogen and oxygen atoms in total. The minimum atomic E-state index is -0.0926. The van der Waals surface area contributed by atoms with Gasteiger partial charge in [-0.05, 0) is 67.3 Å². The number of nitrogens with zero attached hydrogens (tertiary/aromatic N) is 4. The summed E-state index contributed by atoms with van der Waals surface area (Å²) in [6.45, 7) is 22.8. The summed E-state index contributed by atoms with van der Waals surface area (Å²) in [5, 5.41) is 0. The molecule has 5 heteroatoms. The van der Waals surface area contributed by atoms with Crippen LogP contribution in [0, 0.1) is 27.7 Å². The van der Waals surface area contributed by atoms with Crippen molar-refractivity contribution in [1.82, 2.24) is 19.1 Å². The molecule has 37 heavy (non-hydrogen) atoms. The van der Waals surface area contributed by atoms with Gasteiger partial charge in [0.2, 0.25) is 0 Å². The molecule has 0 amide bonds. The van der Waals surface area contributed by atoms with Crippen LogP contribution in [0.4, 0.5) is 0 Å². The van der Waals surface area contributed by atoms with Gasteiger partial charge in [0, 0.05) is 22.2 Å². The third-order valence-corrected chi connectivity index (χ3v) is 8.48. The summed E-state index contributed by atoms with van der Waals surface area (Å²) in [5.74, 6) is 2.25. The van der Waals surface area contributed by atoms with E-state index in [4.69, 9.17) is 9.97 Å². The summed E-state index contributed by atoms with van der Waals surface area (Å²) in [6, 6.07) is 11.5. The van der Waals surface area contributed by atoms with Crippen LogP contribution in [-0.4, -0.2) is 25.8 Å². The van der Waals surface area contributed by atoms with E-state index in [1.807, 2.05) is 0 Å². The number of aromatic nitrogens is 4. The van der Waals surface area contributed by atoms with Gasteiger partial charge in [-0.1, -0.05) is 70.9 Å². The summed E-state index contributed by atoms with van der Waals surface area (Å²) in [4.78, 5) is 10.7. The average Bonchev–Trinajstić information content (AvgIpc) is 3.39. The highest BCUT2D eigenvalue weighted by Crippen LogP contribution is 2.38. The van der Waals surface area contributed by atoms with Crippen molar-refractivity contribution in [3.63, 3.8) is 0 Å². The van der Waals surface area contributed by atoms with E-state index in [0.717, 1.165) is 22.7 Å². The predicted octanol–water partition coefficient (Wildman–Crippen LogP) is 5.34. The molecule has 0 saturated carbocycles. The maximum atomic E-state index is 5.34. The van der Waals surface area contributed by atoms with Gasteiger partial charge in [0.05, 0.1) is 22.1 Å². The number of hydrogen-bond acceptors (Lipinski definition) is 2. The van der Waals surface area contributed by atoms with Crippen LogP contribution < -0.4 is 16.4 Å². The Morgan fingerprint density at radius 2 is 1.00 bits per heavy atom. The van der Waals surface area contributed by atoms with Crippen molar-refractivity contribution < 1.29 is 0 Å². The van der Waals surface area contributed by atoms with Gasteiger partial charge >= 0.3 is 0 Å². The van der Waals surface area contributed by atoms with Crippen LogP contribution in [0.1, 0.15) is 75.4 Å². The summed E-state index contributed by atoms with van der Waals surface area (Å²) >= 11 is 0. The van der Waals surface area contributed by atoms with Gasteiger partial charge in [0.1, 0.15) is 11.6 Å². The first kappa shape index (κ1) is 22.8. The van der Waals surface area contributed by atoms with Gasteiger partial charge in [-0.2, -0.15) is 0 Å². The second-order valence-electron chi connectivity index (χ2n) is 13.4. The monoisotopic (exact) mass is 486 g/mol. The molecular weight excluding hydrogens is 451 g/mol. The molecule has 0 radical (unpaired) electrons. The topological polar surface area (TPSA) is 35.6 Å². The second kappa shape index (κ2) is 6.75. The standard InChI is InChI=1S/C32H35BN4/c1-16-14-18(3)25-27-22(16)33-23-17(2)15-19(4)26-28(23)37(30(35-26)32(8,9)10)21-13-11-12-20(24(21)33)36(27)29(34-25)31(5,6)7/h11-15H,1-10H3. The smallest absolute Gasteiger partial charge is 0.253 e. The largest absolute Gasteiger partial charge is 0.297 e. The fourth-order valence-electron chi connectivity index (χ4n) is 7.07. The fraction of sp³-hybridized carbons (Fsp3) is 0.375. The minimum Gasteiger partial charge on any atom is -0.297 e. The highest BCUT2D eigenvalue weighted by molar-refractivity contribution is 7.00. The Bertz CT molecular complexity index is 1710. The molecule has 4 heterocycles. The summed E-state index contributed by atoms with van der Waals surface area (Å²) in [5.41, 5.74) is 16.6. The molecule has 2 aliphatic heterocycles. The van der Waals surface area contributed by atoms with E-state index < -0.39 is 0 Å². The molecule has 0 fully saturated rings. The van der Waals surface area contributed by atoms with Gasteiger partial charge in [-0.3, -0.25) is 9.13 Å². The molecule has 0 aliphatic carbocycles. The van der Waals surface area contributed by atoms with E-state index in [9.17, 15) is 0 Å². The molecule has 3 aromatic carbocycles. The molecule has 0 atom stereocenters. The molecule has 5 aromatic rings. The Hall–Kier alpha value is -3.34. The molecule has 2 aromatic heterocycles. The Morgan fingerprint density at radius 1 is 0.595 bits per heavy atom. The zero-order chi connectivity index (χ0) is 26.3. The number of fused-ring (bicyclic) bond motifs is 4. The van der Waals surface area contributed by atoms with Gasteiger partial charge in [-0.15, -0.1) is 0 Å². The van der Waals surface area contributed by atoms with E-state index in [2.05, 4.69) is 109 Å². The van der Waals surface area contributed by atoms with Gasteiger partial charge in [0.15, 0.2) is 0 Å². The second-order valence-corrected chi connectivity index (χ2v) is 13.4. The maximum absolute atomic E-state index is 5.34. The average molecular weight is 486 g/mol. The molecule has 2 aliphatic rings. The van der Waals surface area contributed by atoms with Crippen molar-refractivity contribution in [1.29, 1.82) is 0 Å². The van der Waals surface area contributed by atoms with Crippen LogP contribution >= 0.6 is 0 Å². The zero-order valence-corrected chi connectivity index (χ0v) is 23.8. The van der Waals surface area contributed by atoms with E-state index in [1.165, 1.54) is 61.1 Å². The van der Waals surface area contributed by atoms with Crippen LogP contribution in [-0.2, 0) is 10.8 Å². The van der Waals surface area contributed by atoms with Crippen molar-refractivity contribution in [2.45, 2.75) is 80.1 Å². The minimum absolute atomic E-state index is 0.0926. The number of benzene rings is 3. The number of rotatable bonds is 0. The fourth-order valence-corrected chi connectivity index (χ4v) is 7.07. The van der Waals surface area contributed by atoms with Crippen molar-refractivity contribution in [3.8, 4) is 11.4 Å². The van der Waals surface area contributed by atoms with Gasteiger partial charge in [0.25, 0.3) is 6.71 Å². The van der Waals surface area contributed by atoms with Gasteiger partial charge in [-0.25, -0.2) is 9.97 Å². The van der Waals surface area contributed by atoms with E-state index in [-0.39, 0.29) is 17.5 Å². The normalized spacial score (nSPS) is 14.2. The van der Waals surface area contributed by atoms with E-state index in [1.54, 1.807) is 0 Å². The molecule has 7 rings (SSSR count). The summed E-state index contributed by atoms with van der Waals surface area (Å²) in [6.07, 6.45) is 0. The SMILES string of the molecule is Cc1cc(C)c2nc(C(C)(C)C)n3c2c1B1c2c-3cccc2-n2c(C(C)(C)C)nc3c(C)cc(C)c1c32. The van der Waals surface area contributed by atoms with Gasteiger partial charge < -0.3 is 0 Å². The maximum Gasteiger partial charge on any atom is 0.253 e. The number of imidazole rings is 2.